The largest absolute Gasteiger partial charge is 0.493 e. The van der Waals surface area contributed by atoms with Crippen LogP contribution in [0.2, 0.25) is 0 Å². The third-order valence-corrected chi connectivity index (χ3v) is 2.56. The van der Waals surface area contributed by atoms with Crippen LogP contribution in [0, 0.1) is 5.92 Å². The summed E-state index contributed by atoms with van der Waals surface area (Å²) in [6, 6.07) is 11.6. The minimum Gasteiger partial charge on any atom is -0.493 e. The number of benzene rings is 2. The molecule has 0 radical (unpaired) electrons. The molecule has 0 N–H and O–H groups in total. The molecule has 2 aromatic carbocycles. The van der Waals surface area contributed by atoms with E-state index in [0.717, 1.165) is 29.4 Å². The first kappa shape index (κ1) is 11.6. The molecule has 0 fully saturated rings. The van der Waals surface area contributed by atoms with Gasteiger partial charge in [-0.25, -0.2) is 0 Å². The Balaban J connectivity index is 2.28. The van der Waals surface area contributed by atoms with Gasteiger partial charge in [-0.05, 0) is 34.9 Å². The van der Waals surface area contributed by atoms with Gasteiger partial charge in [-0.3, -0.25) is 4.79 Å². The van der Waals surface area contributed by atoms with Crippen molar-refractivity contribution in [2.45, 2.75) is 13.8 Å². The number of hydrogen-bond donors (Lipinski definition) is 0. The lowest BCUT2D eigenvalue weighted by atomic mass is 10.1. The number of rotatable bonds is 4. The Hall–Kier alpha value is -1.83. The number of aldehydes is 1. The lowest BCUT2D eigenvalue weighted by molar-refractivity contribution is 0.112. The molecule has 0 aromatic heterocycles. The molecule has 2 aromatic rings. The van der Waals surface area contributed by atoms with Gasteiger partial charge in [0.15, 0.2) is 0 Å². The van der Waals surface area contributed by atoms with Gasteiger partial charge < -0.3 is 4.74 Å². The van der Waals surface area contributed by atoms with Gasteiger partial charge in [0, 0.05) is 5.56 Å². The first-order valence-corrected chi connectivity index (χ1v) is 5.81. The lowest BCUT2D eigenvalue weighted by Crippen LogP contribution is -2.04. The van der Waals surface area contributed by atoms with Crippen LogP contribution in [0.1, 0.15) is 24.2 Å². The molecule has 17 heavy (non-hydrogen) atoms. The fourth-order valence-electron chi connectivity index (χ4n) is 1.67. The maximum Gasteiger partial charge on any atom is 0.150 e. The predicted octanol–water partition coefficient (Wildman–Crippen LogP) is 3.69. The van der Waals surface area contributed by atoms with Crippen LogP contribution in [0.4, 0.5) is 0 Å². The molecular weight excluding hydrogens is 212 g/mol. The van der Waals surface area contributed by atoms with E-state index in [1.807, 2.05) is 36.4 Å². The first-order chi connectivity index (χ1) is 8.19. The van der Waals surface area contributed by atoms with E-state index in [0.29, 0.717) is 11.5 Å². The molecule has 0 unspecified atom stereocenters. The molecule has 0 atom stereocenters. The van der Waals surface area contributed by atoms with Crippen LogP contribution in [0.3, 0.4) is 0 Å². The van der Waals surface area contributed by atoms with Crippen molar-refractivity contribution in [1.29, 1.82) is 0 Å². The second-order valence-corrected chi connectivity index (χ2v) is 4.59. The molecule has 88 valence electrons. The quantitative estimate of drug-likeness (QED) is 0.746. The maximum atomic E-state index is 10.7. The third kappa shape index (κ3) is 2.84. The molecule has 0 saturated carbocycles. The average molecular weight is 228 g/mol. The summed E-state index contributed by atoms with van der Waals surface area (Å²) in [5, 5.41) is 2.16. The minimum atomic E-state index is 0.517. The van der Waals surface area contributed by atoms with Gasteiger partial charge in [0.2, 0.25) is 0 Å². The van der Waals surface area contributed by atoms with Crippen molar-refractivity contribution in [3.8, 4) is 5.75 Å². The van der Waals surface area contributed by atoms with Crippen molar-refractivity contribution in [2.75, 3.05) is 6.61 Å². The van der Waals surface area contributed by atoms with E-state index in [2.05, 4.69) is 13.8 Å². The topological polar surface area (TPSA) is 26.3 Å². The van der Waals surface area contributed by atoms with Crippen LogP contribution < -0.4 is 4.74 Å². The molecule has 0 aliphatic heterocycles. The van der Waals surface area contributed by atoms with Crippen molar-refractivity contribution in [3.05, 3.63) is 42.0 Å². The molecule has 2 nitrogen and oxygen atoms in total. The molecule has 0 saturated heterocycles. The maximum absolute atomic E-state index is 10.7. The van der Waals surface area contributed by atoms with Crippen molar-refractivity contribution in [1.82, 2.24) is 0 Å². The Morgan fingerprint density at radius 3 is 2.53 bits per heavy atom. The zero-order valence-electron chi connectivity index (χ0n) is 10.1. The minimum absolute atomic E-state index is 0.517. The van der Waals surface area contributed by atoms with Gasteiger partial charge in [-0.2, -0.15) is 0 Å². The standard InChI is InChI=1S/C15H16O2/c1-11(2)10-17-15-6-5-13-7-12(9-16)3-4-14(13)8-15/h3-9,11H,10H2,1-2H3. The predicted molar refractivity (Wildman–Crippen MR) is 69.7 cm³/mol. The van der Waals surface area contributed by atoms with Crippen molar-refractivity contribution in [2.24, 2.45) is 5.92 Å². The highest BCUT2D eigenvalue weighted by Gasteiger charge is 2.00. The zero-order valence-corrected chi connectivity index (χ0v) is 10.1. The number of fused-ring (bicyclic) bond motifs is 1. The normalized spacial score (nSPS) is 10.8. The van der Waals surface area contributed by atoms with Gasteiger partial charge in [0.05, 0.1) is 6.61 Å². The summed E-state index contributed by atoms with van der Waals surface area (Å²) in [5.74, 6) is 1.40. The second-order valence-electron chi connectivity index (χ2n) is 4.59. The second kappa shape index (κ2) is 5.00. The lowest BCUT2D eigenvalue weighted by Gasteiger charge is -2.09. The van der Waals surface area contributed by atoms with Gasteiger partial charge in [0.1, 0.15) is 12.0 Å². The Morgan fingerprint density at radius 2 is 1.82 bits per heavy atom. The van der Waals surface area contributed by atoms with E-state index in [-0.39, 0.29) is 0 Å². The number of carbonyl (C=O) groups is 1. The Bertz CT molecular complexity index is 529. The van der Waals surface area contributed by atoms with Crippen molar-refractivity contribution >= 4 is 17.1 Å². The number of ether oxygens (including phenoxy) is 1. The Kier molecular flexibility index (Phi) is 3.43. The average Bonchev–Trinajstić information content (AvgIpc) is 2.35. The van der Waals surface area contributed by atoms with Crippen LogP contribution >= 0.6 is 0 Å². The number of carbonyl (C=O) groups excluding carboxylic acids is 1. The molecule has 0 aliphatic rings. The molecule has 0 aliphatic carbocycles. The molecule has 2 heteroatoms. The fraction of sp³-hybridized carbons (Fsp3) is 0.267. The van der Waals surface area contributed by atoms with Crippen molar-refractivity contribution in [3.63, 3.8) is 0 Å². The Labute approximate surface area is 101 Å². The first-order valence-electron chi connectivity index (χ1n) is 5.81. The van der Waals surface area contributed by atoms with Crippen molar-refractivity contribution < 1.29 is 9.53 Å². The van der Waals surface area contributed by atoms with Gasteiger partial charge in [0.25, 0.3) is 0 Å². The van der Waals surface area contributed by atoms with E-state index in [9.17, 15) is 4.79 Å². The van der Waals surface area contributed by atoms with Crippen LogP contribution in [0.25, 0.3) is 10.8 Å². The molecular formula is C15H16O2. The summed E-state index contributed by atoms with van der Waals surface area (Å²) in [6.45, 7) is 4.97. The van der Waals surface area contributed by atoms with Crippen LogP contribution in [0.15, 0.2) is 36.4 Å². The summed E-state index contributed by atoms with van der Waals surface area (Å²) < 4.78 is 5.66. The third-order valence-electron chi connectivity index (χ3n) is 2.56. The SMILES string of the molecule is CC(C)COc1ccc2cc(C=O)ccc2c1. The van der Waals surface area contributed by atoms with E-state index < -0.39 is 0 Å². The zero-order chi connectivity index (χ0) is 12.3. The summed E-state index contributed by atoms with van der Waals surface area (Å²) in [6.07, 6.45) is 0.864. The summed E-state index contributed by atoms with van der Waals surface area (Å²) in [7, 11) is 0. The highest BCUT2D eigenvalue weighted by molar-refractivity contribution is 5.89. The fourth-order valence-corrected chi connectivity index (χ4v) is 1.67. The molecule has 0 bridgehead atoms. The Morgan fingerprint density at radius 1 is 1.12 bits per heavy atom. The monoisotopic (exact) mass is 228 g/mol. The summed E-state index contributed by atoms with van der Waals surface area (Å²) in [4.78, 5) is 10.7. The molecule has 0 spiro atoms. The van der Waals surface area contributed by atoms with E-state index in [1.165, 1.54) is 0 Å². The van der Waals surface area contributed by atoms with Gasteiger partial charge >= 0.3 is 0 Å². The van der Waals surface area contributed by atoms with Crippen LogP contribution in [-0.4, -0.2) is 12.9 Å². The van der Waals surface area contributed by atoms with E-state index in [4.69, 9.17) is 4.74 Å². The summed E-state index contributed by atoms with van der Waals surface area (Å²) in [5.41, 5.74) is 0.702. The highest BCUT2D eigenvalue weighted by Crippen LogP contribution is 2.22. The molecule has 0 heterocycles. The smallest absolute Gasteiger partial charge is 0.150 e. The highest BCUT2D eigenvalue weighted by atomic mass is 16.5. The van der Waals surface area contributed by atoms with E-state index >= 15 is 0 Å². The number of hydrogen-bond acceptors (Lipinski definition) is 2. The van der Waals surface area contributed by atoms with Gasteiger partial charge in [-0.15, -0.1) is 0 Å². The van der Waals surface area contributed by atoms with Crippen LogP contribution in [-0.2, 0) is 0 Å². The van der Waals surface area contributed by atoms with Crippen LogP contribution in [0.5, 0.6) is 5.75 Å². The molecule has 2 rings (SSSR count). The summed E-state index contributed by atoms with van der Waals surface area (Å²) >= 11 is 0. The van der Waals surface area contributed by atoms with Gasteiger partial charge in [-0.1, -0.05) is 32.0 Å². The molecule has 0 amide bonds. The van der Waals surface area contributed by atoms with E-state index in [1.54, 1.807) is 0 Å².